The van der Waals surface area contributed by atoms with Crippen molar-refractivity contribution in [3.8, 4) is 0 Å². The lowest BCUT2D eigenvalue weighted by atomic mass is 10.2. The second-order valence-corrected chi connectivity index (χ2v) is 4.00. The molecule has 3 nitrogen and oxygen atoms in total. The van der Waals surface area contributed by atoms with Crippen molar-refractivity contribution < 1.29 is 0 Å². The topological polar surface area (TPSA) is 30.7 Å². The largest absolute Gasteiger partial charge is 0.331 e. The smallest absolute Gasteiger partial charge is 0.105 e. The van der Waals surface area contributed by atoms with Crippen molar-refractivity contribution in [2.75, 3.05) is 0 Å². The van der Waals surface area contributed by atoms with Gasteiger partial charge >= 0.3 is 0 Å². The summed E-state index contributed by atoms with van der Waals surface area (Å²) in [6, 6.07) is 0. The normalized spacial score (nSPS) is 10.6. The van der Waals surface area contributed by atoms with Crippen LogP contribution in [0, 0.1) is 6.92 Å². The maximum atomic E-state index is 6.02. The Morgan fingerprint density at radius 1 is 1.27 bits per heavy atom. The first kappa shape index (κ1) is 10.5. The van der Waals surface area contributed by atoms with Crippen molar-refractivity contribution in [3.63, 3.8) is 0 Å². The Kier molecular flexibility index (Phi) is 2.93. The standard InChI is InChI=1S/C10H9Cl2N3/c1-7-14-2-3-15(7)6-8-9(11)4-13-5-10(8)12/h2-5H,6H2,1H3. The summed E-state index contributed by atoms with van der Waals surface area (Å²) < 4.78 is 1.98. The van der Waals surface area contributed by atoms with Gasteiger partial charge in [0.25, 0.3) is 0 Å². The molecule has 2 aromatic heterocycles. The van der Waals surface area contributed by atoms with Gasteiger partial charge in [-0.25, -0.2) is 4.98 Å². The molecule has 2 heterocycles. The molecule has 0 aromatic carbocycles. The molecule has 0 saturated carbocycles. The average Bonchev–Trinajstić information content (AvgIpc) is 2.58. The number of aryl methyl sites for hydroxylation is 1. The molecule has 0 amide bonds. The Labute approximate surface area is 97.7 Å². The molecule has 0 radical (unpaired) electrons. The number of pyridine rings is 1. The summed E-state index contributed by atoms with van der Waals surface area (Å²) in [6.45, 7) is 2.55. The number of hydrogen-bond acceptors (Lipinski definition) is 2. The van der Waals surface area contributed by atoms with Gasteiger partial charge in [0.05, 0.1) is 16.6 Å². The van der Waals surface area contributed by atoms with Crippen LogP contribution in [0.15, 0.2) is 24.8 Å². The average molecular weight is 242 g/mol. The van der Waals surface area contributed by atoms with Crippen molar-refractivity contribution in [2.24, 2.45) is 0 Å². The Morgan fingerprint density at radius 3 is 2.47 bits per heavy atom. The number of rotatable bonds is 2. The predicted octanol–water partition coefficient (Wildman–Crippen LogP) is 2.94. The first-order valence-electron chi connectivity index (χ1n) is 4.44. The Morgan fingerprint density at radius 2 is 1.93 bits per heavy atom. The SMILES string of the molecule is Cc1nccn1Cc1c(Cl)cncc1Cl. The lowest BCUT2D eigenvalue weighted by Gasteiger charge is -2.08. The summed E-state index contributed by atoms with van der Waals surface area (Å²) in [6.07, 6.45) is 6.82. The van der Waals surface area contributed by atoms with Crippen LogP contribution in [-0.4, -0.2) is 14.5 Å². The molecule has 0 saturated heterocycles. The fraction of sp³-hybridized carbons (Fsp3) is 0.200. The van der Waals surface area contributed by atoms with E-state index in [1.54, 1.807) is 18.6 Å². The van der Waals surface area contributed by atoms with E-state index in [0.717, 1.165) is 11.4 Å². The molecule has 0 spiro atoms. The van der Waals surface area contributed by atoms with Crippen molar-refractivity contribution in [1.82, 2.24) is 14.5 Å². The molecular weight excluding hydrogens is 233 g/mol. The van der Waals surface area contributed by atoms with Crippen LogP contribution < -0.4 is 0 Å². The molecule has 0 unspecified atom stereocenters. The molecule has 0 bridgehead atoms. The lowest BCUT2D eigenvalue weighted by molar-refractivity contribution is 0.761. The van der Waals surface area contributed by atoms with E-state index in [1.807, 2.05) is 17.7 Å². The van der Waals surface area contributed by atoms with Crippen LogP contribution in [0.4, 0.5) is 0 Å². The molecule has 78 valence electrons. The van der Waals surface area contributed by atoms with E-state index in [-0.39, 0.29) is 0 Å². The summed E-state index contributed by atoms with van der Waals surface area (Å²) in [7, 11) is 0. The minimum atomic E-state index is 0.579. The van der Waals surface area contributed by atoms with Crippen LogP contribution in [0.3, 0.4) is 0 Å². The summed E-state index contributed by atoms with van der Waals surface area (Å²) in [5.74, 6) is 0.930. The fourth-order valence-corrected chi connectivity index (χ4v) is 1.81. The molecule has 2 rings (SSSR count). The highest BCUT2D eigenvalue weighted by molar-refractivity contribution is 6.35. The van der Waals surface area contributed by atoms with Crippen LogP contribution in [0.25, 0.3) is 0 Å². The van der Waals surface area contributed by atoms with Crippen molar-refractivity contribution in [3.05, 3.63) is 46.2 Å². The van der Waals surface area contributed by atoms with Crippen LogP contribution in [-0.2, 0) is 6.54 Å². The van der Waals surface area contributed by atoms with E-state index >= 15 is 0 Å². The summed E-state index contributed by atoms with van der Waals surface area (Å²) in [5.41, 5.74) is 0.870. The number of halogens is 2. The second kappa shape index (κ2) is 4.21. The zero-order chi connectivity index (χ0) is 10.8. The zero-order valence-electron chi connectivity index (χ0n) is 8.11. The third-order valence-corrected chi connectivity index (χ3v) is 2.86. The molecule has 0 aliphatic carbocycles. The zero-order valence-corrected chi connectivity index (χ0v) is 9.63. The molecule has 2 aromatic rings. The Bertz CT molecular complexity index is 459. The molecule has 0 fully saturated rings. The van der Waals surface area contributed by atoms with Gasteiger partial charge in [-0.15, -0.1) is 0 Å². The minimum absolute atomic E-state index is 0.579. The van der Waals surface area contributed by atoms with Gasteiger partial charge in [-0.2, -0.15) is 0 Å². The van der Waals surface area contributed by atoms with Gasteiger partial charge in [0.1, 0.15) is 5.82 Å². The van der Waals surface area contributed by atoms with Crippen LogP contribution >= 0.6 is 23.2 Å². The Hall–Kier alpha value is -1.06. The molecule has 0 N–H and O–H groups in total. The van der Waals surface area contributed by atoms with Crippen LogP contribution in [0.2, 0.25) is 10.0 Å². The van der Waals surface area contributed by atoms with E-state index in [4.69, 9.17) is 23.2 Å². The fourth-order valence-electron chi connectivity index (χ4n) is 1.33. The van der Waals surface area contributed by atoms with Crippen LogP contribution in [0.1, 0.15) is 11.4 Å². The van der Waals surface area contributed by atoms with Gasteiger partial charge in [-0.05, 0) is 6.92 Å². The highest BCUT2D eigenvalue weighted by atomic mass is 35.5. The van der Waals surface area contributed by atoms with Crippen molar-refractivity contribution in [2.45, 2.75) is 13.5 Å². The van der Waals surface area contributed by atoms with E-state index in [2.05, 4.69) is 9.97 Å². The first-order valence-corrected chi connectivity index (χ1v) is 5.19. The van der Waals surface area contributed by atoms with E-state index < -0.39 is 0 Å². The third kappa shape index (κ3) is 2.13. The third-order valence-electron chi connectivity index (χ3n) is 2.20. The monoisotopic (exact) mass is 241 g/mol. The van der Waals surface area contributed by atoms with Gasteiger partial charge in [-0.3, -0.25) is 4.98 Å². The minimum Gasteiger partial charge on any atom is -0.331 e. The predicted molar refractivity (Wildman–Crippen MR) is 60.3 cm³/mol. The van der Waals surface area contributed by atoms with E-state index in [9.17, 15) is 0 Å². The van der Waals surface area contributed by atoms with Gasteiger partial charge in [-0.1, -0.05) is 23.2 Å². The number of aromatic nitrogens is 3. The Balaban J connectivity index is 2.36. The molecular formula is C10H9Cl2N3. The van der Waals surface area contributed by atoms with Gasteiger partial charge in [0.15, 0.2) is 0 Å². The highest BCUT2D eigenvalue weighted by Crippen LogP contribution is 2.23. The number of nitrogens with zero attached hydrogens (tertiary/aromatic N) is 3. The van der Waals surface area contributed by atoms with Crippen LogP contribution in [0.5, 0.6) is 0 Å². The van der Waals surface area contributed by atoms with Crippen molar-refractivity contribution >= 4 is 23.2 Å². The molecule has 0 aliphatic heterocycles. The molecule has 5 heteroatoms. The quantitative estimate of drug-likeness (QED) is 0.810. The molecule has 15 heavy (non-hydrogen) atoms. The van der Waals surface area contributed by atoms with E-state index in [0.29, 0.717) is 16.6 Å². The summed E-state index contributed by atoms with van der Waals surface area (Å²) in [4.78, 5) is 8.04. The maximum Gasteiger partial charge on any atom is 0.105 e. The second-order valence-electron chi connectivity index (χ2n) is 3.18. The summed E-state index contributed by atoms with van der Waals surface area (Å²) in [5, 5.41) is 1.16. The molecule has 0 atom stereocenters. The van der Waals surface area contributed by atoms with Crippen molar-refractivity contribution in [1.29, 1.82) is 0 Å². The number of hydrogen-bond donors (Lipinski definition) is 0. The van der Waals surface area contributed by atoms with Gasteiger partial charge in [0.2, 0.25) is 0 Å². The summed E-state index contributed by atoms with van der Waals surface area (Å²) >= 11 is 12.0. The maximum absolute atomic E-state index is 6.02. The van der Waals surface area contributed by atoms with E-state index in [1.165, 1.54) is 0 Å². The first-order chi connectivity index (χ1) is 7.18. The lowest BCUT2D eigenvalue weighted by Crippen LogP contribution is -2.02. The van der Waals surface area contributed by atoms with Gasteiger partial charge in [0, 0.05) is 30.4 Å². The highest BCUT2D eigenvalue weighted by Gasteiger charge is 2.07. The molecule has 0 aliphatic rings. The van der Waals surface area contributed by atoms with Gasteiger partial charge < -0.3 is 4.57 Å². The number of imidazole rings is 1.